The number of amides is 2. The summed E-state index contributed by atoms with van der Waals surface area (Å²) in [6, 6.07) is 3.97. The van der Waals surface area contributed by atoms with Crippen LogP contribution in [0.3, 0.4) is 0 Å². The lowest BCUT2D eigenvalue weighted by molar-refractivity contribution is -0.128. The molecule has 1 aliphatic rings. The first-order chi connectivity index (χ1) is 12.2. The molecule has 27 heavy (non-hydrogen) atoms. The number of carbonyl (C=O) groups is 2. The Labute approximate surface area is 154 Å². The highest BCUT2D eigenvalue weighted by atomic mass is 32.2. The predicted molar refractivity (Wildman–Crippen MR) is 87.1 cm³/mol. The first-order valence-electron chi connectivity index (χ1n) is 7.87. The van der Waals surface area contributed by atoms with Crippen LogP contribution in [-0.2, 0) is 19.6 Å². The first-order valence-corrected chi connectivity index (χ1v) is 9.28. The van der Waals surface area contributed by atoms with E-state index < -0.39 is 45.0 Å². The molecule has 11 heteroatoms. The summed E-state index contributed by atoms with van der Waals surface area (Å²) in [4.78, 5) is 25.3. The summed E-state index contributed by atoms with van der Waals surface area (Å²) in [6.07, 6.45) is -0.418. The van der Waals surface area contributed by atoms with E-state index in [-0.39, 0.29) is 6.42 Å². The topological polar surface area (TPSA) is 90.0 Å². The molecule has 0 saturated carbocycles. The van der Waals surface area contributed by atoms with Crippen molar-refractivity contribution >= 4 is 22.1 Å². The van der Waals surface area contributed by atoms with Crippen LogP contribution in [-0.4, -0.2) is 36.4 Å². The van der Waals surface area contributed by atoms with Crippen molar-refractivity contribution in [2.45, 2.75) is 50.8 Å². The van der Waals surface area contributed by atoms with Crippen molar-refractivity contribution in [3.05, 3.63) is 29.8 Å². The van der Waals surface area contributed by atoms with E-state index in [1.54, 1.807) is 20.8 Å². The number of likely N-dealkylation sites (tertiary alicyclic amines) is 1. The van der Waals surface area contributed by atoms with Gasteiger partial charge in [-0.2, -0.15) is 21.6 Å². The van der Waals surface area contributed by atoms with Gasteiger partial charge in [-0.05, 0) is 44.9 Å². The number of ether oxygens (including phenoxy) is 1. The van der Waals surface area contributed by atoms with Crippen LogP contribution in [0.5, 0.6) is 5.75 Å². The lowest BCUT2D eigenvalue weighted by Crippen LogP contribution is -2.38. The third kappa shape index (κ3) is 4.90. The van der Waals surface area contributed by atoms with Crippen LogP contribution in [0.4, 0.5) is 18.0 Å². The molecule has 0 N–H and O–H groups in total. The minimum Gasteiger partial charge on any atom is -0.443 e. The third-order valence-electron chi connectivity index (χ3n) is 3.56. The number of hydrogen-bond acceptors (Lipinski definition) is 6. The summed E-state index contributed by atoms with van der Waals surface area (Å²) in [5.74, 6) is -0.974. The highest BCUT2D eigenvalue weighted by Crippen LogP contribution is 2.35. The van der Waals surface area contributed by atoms with Gasteiger partial charge < -0.3 is 8.92 Å². The van der Waals surface area contributed by atoms with Gasteiger partial charge in [0.2, 0.25) is 5.91 Å². The molecule has 0 bridgehead atoms. The van der Waals surface area contributed by atoms with Gasteiger partial charge in [0.1, 0.15) is 11.4 Å². The van der Waals surface area contributed by atoms with Crippen molar-refractivity contribution in [3.8, 4) is 5.75 Å². The molecule has 0 aliphatic carbocycles. The Kier molecular flexibility index (Phi) is 5.46. The molecule has 150 valence electrons. The fourth-order valence-corrected chi connectivity index (χ4v) is 2.92. The smallest absolute Gasteiger partial charge is 0.443 e. The third-order valence-corrected chi connectivity index (χ3v) is 4.54. The molecule has 0 spiro atoms. The number of rotatable bonds is 3. The number of alkyl halides is 3. The molecule has 0 aromatic heterocycles. The molecule has 1 aliphatic heterocycles. The zero-order valence-electron chi connectivity index (χ0n) is 14.7. The highest BCUT2D eigenvalue weighted by molar-refractivity contribution is 7.88. The molecule has 1 aromatic rings. The highest BCUT2D eigenvalue weighted by Gasteiger charge is 2.48. The largest absolute Gasteiger partial charge is 0.534 e. The van der Waals surface area contributed by atoms with Crippen molar-refractivity contribution in [2.75, 3.05) is 0 Å². The molecule has 7 nitrogen and oxygen atoms in total. The Morgan fingerprint density at radius 1 is 1.15 bits per heavy atom. The van der Waals surface area contributed by atoms with Gasteiger partial charge in [-0.15, -0.1) is 0 Å². The molecule has 2 amide bonds. The molecular formula is C16H18F3NO6S. The van der Waals surface area contributed by atoms with Crippen molar-refractivity contribution < 1.29 is 40.1 Å². The Balaban J connectivity index is 2.20. The second-order valence-electron chi connectivity index (χ2n) is 6.85. The van der Waals surface area contributed by atoms with Crippen molar-refractivity contribution in [1.82, 2.24) is 4.90 Å². The number of halogens is 3. The van der Waals surface area contributed by atoms with Crippen LogP contribution >= 0.6 is 0 Å². The summed E-state index contributed by atoms with van der Waals surface area (Å²) in [7, 11) is -5.77. The van der Waals surface area contributed by atoms with Gasteiger partial charge in [-0.25, -0.2) is 9.69 Å². The van der Waals surface area contributed by atoms with E-state index in [0.29, 0.717) is 12.0 Å². The zero-order valence-corrected chi connectivity index (χ0v) is 15.6. The van der Waals surface area contributed by atoms with Crippen molar-refractivity contribution in [1.29, 1.82) is 0 Å². The van der Waals surface area contributed by atoms with Crippen LogP contribution in [0, 0.1) is 0 Å². The van der Waals surface area contributed by atoms with E-state index in [4.69, 9.17) is 4.74 Å². The minimum absolute atomic E-state index is 0.102. The summed E-state index contributed by atoms with van der Waals surface area (Å²) < 4.78 is 68.3. The summed E-state index contributed by atoms with van der Waals surface area (Å²) >= 11 is 0. The predicted octanol–water partition coefficient (Wildman–Crippen LogP) is 3.51. The Morgan fingerprint density at radius 2 is 1.70 bits per heavy atom. The molecule has 0 radical (unpaired) electrons. The molecule has 2 rings (SSSR count). The average Bonchev–Trinajstić information content (AvgIpc) is 2.86. The van der Waals surface area contributed by atoms with Gasteiger partial charge in [0, 0.05) is 6.42 Å². The van der Waals surface area contributed by atoms with Gasteiger partial charge in [0.15, 0.2) is 0 Å². The molecule has 1 heterocycles. The maximum Gasteiger partial charge on any atom is 0.534 e. The Bertz CT molecular complexity index is 827. The number of carbonyl (C=O) groups excluding carboxylic acids is 2. The fraction of sp³-hybridized carbons (Fsp3) is 0.500. The van der Waals surface area contributed by atoms with E-state index in [1.807, 2.05) is 0 Å². The number of benzene rings is 1. The number of hydrogen-bond donors (Lipinski definition) is 0. The van der Waals surface area contributed by atoms with Crippen LogP contribution in [0.25, 0.3) is 0 Å². The maximum atomic E-state index is 12.4. The van der Waals surface area contributed by atoms with E-state index in [9.17, 15) is 31.2 Å². The van der Waals surface area contributed by atoms with E-state index >= 15 is 0 Å². The fourth-order valence-electron chi connectivity index (χ4n) is 2.46. The molecule has 1 fully saturated rings. The summed E-state index contributed by atoms with van der Waals surface area (Å²) in [5, 5.41) is 0. The van der Waals surface area contributed by atoms with Crippen LogP contribution in [0.1, 0.15) is 45.2 Å². The van der Waals surface area contributed by atoms with Gasteiger partial charge in [-0.1, -0.05) is 12.1 Å². The second-order valence-corrected chi connectivity index (χ2v) is 8.39. The molecule has 1 atom stereocenters. The van der Waals surface area contributed by atoms with Gasteiger partial charge in [0.25, 0.3) is 0 Å². The minimum atomic E-state index is -5.77. The van der Waals surface area contributed by atoms with Gasteiger partial charge in [-0.3, -0.25) is 4.79 Å². The quantitative estimate of drug-likeness (QED) is 0.561. The summed E-state index contributed by atoms with van der Waals surface area (Å²) in [6.45, 7) is 4.94. The molecular weight excluding hydrogens is 391 g/mol. The lowest BCUT2D eigenvalue weighted by atomic mass is 10.0. The molecule has 1 saturated heterocycles. The molecule has 1 aromatic carbocycles. The Hall–Kier alpha value is -2.30. The normalized spacial score (nSPS) is 18.5. The Morgan fingerprint density at radius 3 is 2.19 bits per heavy atom. The average molecular weight is 409 g/mol. The molecule has 1 unspecified atom stereocenters. The second kappa shape index (κ2) is 7.02. The van der Waals surface area contributed by atoms with Gasteiger partial charge in [0.05, 0.1) is 6.04 Å². The zero-order chi connectivity index (χ0) is 20.6. The van der Waals surface area contributed by atoms with Crippen molar-refractivity contribution in [3.63, 3.8) is 0 Å². The first kappa shape index (κ1) is 21.0. The number of imide groups is 1. The van der Waals surface area contributed by atoms with E-state index in [2.05, 4.69) is 4.18 Å². The summed E-state index contributed by atoms with van der Waals surface area (Å²) in [5.41, 5.74) is -5.92. The lowest BCUT2D eigenvalue weighted by Gasteiger charge is -2.27. The van der Waals surface area contributed by atoms with E-state index in [1.165, 1.54) is 12.1 Å². The van der Waals surface area contributed by atoms with E-state index in [0.717, 1.165) is 17.0 Å². The SMILES string of the molecule is CC(C)(C)OC(=O)N1C(=O)CCC1c1ccc(OS(=O)(=O)C(F)(F)F)cc1. The standard InChI is InChI=1S/C16H18F3NO6S/c1-15(2,3)25-14(22)20-12(8-9-13(20)21)10-4-6-11(7-5-10)26-27(23,24)16(17,18)19/h4-7,12H,8-9H2,1-3H3. The number of nitrogens with zero attached hydrogens (tertiary/aromatic N) is 1. The van der Waals surface area contributed by atoms with Crippen LogP contribution < -0.4 is 4.18 Å². The maximum absolute atomic E-state index is 12.4. The monoisotopic (exact) mass is 409 g/mol. The van der Waals surface area contributed by atoms with Gasteiger partial charge >= 0.3 is 21.7 Å². The van der Waals surface area contributed by atoms with Crippen LogP contribution in [0.2, 0.25) is 0 Å². The van der Waals surface area contributed by atoms with Crippen molar-refractivity contribution in [2.24, 2.45) is 0 Å². The van der Waals surface area contributed by atoms with Crippen LogP contribution in [0.15, 0.2) is 24.3 Å².